The molecule has 178 valence electrons. The van der Waals surface area contributed by atoms with Gasteiger partial charge in [-0.25, -0.2) is 0 Å². The normalized spacial score (nSPS) is 17.8. The van der Waals surface area contributed by atoms with E-state index in [0.29, 0.717) is 17.3 Å². The number of H-pyrrole nitrogens is 1. The van der Waals surface area contributed by atoms with Crippen LogP contribution in [-0.4, -0.2) is 43.4 Å². The number of halogens is 1. The predicted octanol–water partition coefficient (Wildman–Crippen LogP) is 5.02. The van der Waals surface area contributed by atoms with E-state index in [0.717, 1.165) is 48.9 Å². The number of benzene rings is 2. The Morgan fingerprint density at radius 2 is 2.03 bits per heavy atom. The van der Waals surface area contributed by atoms with Crippen molar-refractivity contribution in [1.29, 1.82) is 0 Å². The maximum atomic E-state index is 13.1. The van der Waals surface area contributed by atoms with Crippen molar-refractivity contribution in [2.24, 2.45) is 4.99 Å². The van der Waals surface area contributed by atoms with Gasteiger partial charge in [0.05, 0.1) is 12.4 Å². The Morgan fingerprint density at radius 3 is 2.79 bits per heavy atom. The second kappa shape index (κ2) is 10.1. The van der Waals surface area contributed by atoms with Crippen LogP contribution in [0.1, 0.15) is 59.4 Å². The Morgan fingerprint density at radius 1 is 1.18 bits per heavy atom. The summed E-state index contributed by atoms with van der Waals surface area (Å²) in [5, 5.41) is 8.05. The lowest BCUT2D eigenvalue weighted by molar-refractivity contribution is 0.0949. The summed E-state index contributed by atoms with van der Waals surface area (Å²) in [4.78, 5) is 23.5. The first-order valence-corrected chi connectivity index (χ1v) is 12.7. The number of rotatable bonds is 7. The maximum absolute atomic E-state index is 13.1. The van der Waals surface area contributed by atoms with Gasteiger partial charge >= 0.3 is 0 Å². The third kappa shape index (κ3) is 4.64. The second-order valence-corrected chi connectivity index (χ2v) is 9.60. The number of nitrogens with zero attached hydrogens (tertiary/aromatic N) is 2. The standard InChI is InChI=1S/C27H32ClN5O/c1-2-21-23-14-19(28)7-9-24(23)32-26(21)27(34)30-11-10-18-6-8-20(33-12-4-3-5-13-33)15-22(18)25-16-29-17-31-25/h6-9,14-15,17,25,32H,2-5,10-13,16H2,1H3,(H,29,31)(H,30,34)/t25-/m1/s1. The number of piperidine rings is 1. The van der Waals surface area contributed by atoms with Crippen molar-refractivity contribution in [1.82, 2.24) is 15.6 Å². The number of aryl methyl sites for hydroxylation is 1. The van der Waals surface area contributed by atoms with E-state index in [1.165, 1.54) is 36.1 Å². The molecule has 1 amide bonds. The molecule has 0 spiro atoms. The Hall–Kier alpha value is -2.99. The van der Waals surface area contributed by atoms with Crippen molar-refractivity contribution in [3.05, 3.63) is 63.8 Å². The molecule has 3 heterocycles. The first-order valence-electron chi connectivity index (χ1n) is 12.3. The third-order valence-corrected chi connectivity index (χ3v) is 7.23. The second-order valence-electron chi connectivity index (χ2n) is 9.16. The molecule has 34 heavy (non-hydrogen) atoms. The van der Waals surface area contributed by atoms with Crippen LogP contribution < -0.4 is 15.5 Å². The Kier molecular flexibility index (Phi) is 6.77. The molecule has 0 bridgehead atoms. The Labute approximate surface area is 205 Å². The van der Waals surface area contributed by atoms with Crippen molar-refractivity contribution in [3.8, 4) is 0 Å². The molecular weight excluding hydrogens is 446 g/mol. The predicted molar refractivity (Wildman–Crippen MR) is 140 cm³/mol. The van der Waals surface area contributed by atoms with E-state index >= 15 is 0 Å². The number of anilines is 1. The highest BCUT2D eigenvalue weighted by Gasteiger charge is 2.21. The van der Waals surface area contributed by atoms with E-state index in [1.54, 1.807) is 6.34 Å². The van der Waals surface area contributed by atoms with Crippen LogP contribution in [0.3, 0.4) is 0 Å². The Balaban J connectivity index is 1.31. The number of aromatic amines is 1. The van der Waals surface area contributed by atoms with Crippen LogP contribution in [0.25, 0.3) is 10.9 Å². The van der Waals surface area contributed by atoms with Gasteiger partial charge in [0.1, 0.15) is 5.69 Å². The van der Waals surface area contributed by atoms with E-state index in [-0.39, 0.29) is 11.9 Å². The number of nitrogens with one attached hydrogen (secondary N) is 3. The molecule has 0 saturated carbocycles. The fourth-order valence-electron chi connectivity index (χ4n) is 5.20. The summed E-state index contributed by atoms with van der Waals surface area (Å²) in [6.07, 6.45) is 7.16. The van der Waals surface area contributed by atoms with Gasteiger partial charge in [-0.15, -0.1) is 0 Å². The number of aliphatic imine (C=N–C) groups is 1. The van der Waals surface area contributed by atoms with Gasteiger partial charge in [0.2, 0.25) is 0 Å². The van der Waals surface area contributed by atoms with Gasteiger partial charge in [-0.2, -0.15) is 0 Å². The largest absolute Gasteiger partial charge is 0.374 e. The summed E-state index contributed by atoms with van der Waals surface area (Å²) in [7, 11) is 0. The van der Waals surface area contributed by atoms with Crippen LogP contribution in [0.15, 0.2) is 41.4 Å². The average molecular weight is 478 g/mol. The summed E-state index contributed by atoms with van der Waals surface area (Å²) >= 11 is 6.19. The van der Waals surface area contributed by atoms with Gasteiger partial charge in [0, 0.05) is 47.8 Å². The molecule has 0 aliphatic carbocycles. The fraction of sp³-hybridized carbons (Fsp3) is 0.407. The van der Waals surface area contributed by atoms with Gasteiger partial charge in [0.25, 0.3) is 5.91 Å². The lowest BCUT2D eigenvalue weighted by atomic mass is 9.96. The lowest BCUT2D eigenvalue weighted by Gasteiger charge is -2.30. The quantitative estimate of drug-likeness (QED) is 0.447. The van der Waals surface area contributed by atoms with Crippen LogP contribution >= 0.6 is 11.6 Å². The number of carbonyl (C=O) groups is 1. The molecule has 7 heteroatoms. The van der Waals surface area contributed by atoms with Crippen LogP contribution in [0.5, 0.6) is 0 Å². The SMILES string of the molecule is CCc1c(C(=O)NCCc2ccc(N3CCCCC3)cc2[C@H]2CNC=N2)[nH]c2ccc(Cl)cc12. The molecule has 1 atom stereocenters. The van der Waals surface area contributed by atoms with Crippen molar-refractivity contribution in [2.75, 3.05) is 31.1 Å². The minimum absolute atomic E-state index is 0.0730. The number of amides is 1. The summed E-state index contributed by atoms with van der Waals surface area (Å²) in [5.41, 5.74) is 6.36. The van der Waals surface area contributed by atoms with E-state index in [2.05, 4.69) is 50.6 Å². The Bertz CT molecular complexity index is 1210. The van der Waals surface area contributed by atoms with E-state index in [1.807, 2.05) is 18.2 Å². The monoisotopic (exact) mass is 477 g/mol. The van der Waals surface area contributed by atoms with Crippen molar-refractivity contribution < 1.29 is 4.79 Å². The number of hydrogen-bond donors (Lipinski definition) is 3. The maximum Gasteiger partial charge on any atom is 0.268 e. The summed E-state index contributed by atoms with van der Waals surface area (Å²) in [6, 6.07) is 12.6. The number of fused-ring (bicyclic) bond motifs is 1. The summed E-state index contributed by atoms with van der Waals surface area (Å²) in [6.45, 7) is 5.69. The summed E-state index contributed by atoms with van der Waals surface area (Å²) in [5.74, 6) is -0.0730. The van der Waals surface area contributed by atoms with Gasteiger partial charge < -0.3 is 20.5 Å². The number of carbonyl (C=O) groups excluding carboxylic acids is 1. The highest BCUT2D eigenvalue weighted by Crippen LogP contribution is 2.30. The van der Waals surface area contributed by atoms with Crippen molar-refractivity contribution in [3.63, 3.8) is 0 Å². The molecule has 6 nitrogen and oxygen atoms in total. The first kappa shape index (κ1) is 22.8. The molecule has 2 aliphatic heterocycles. The van der Waals surface area contributed by atoms with E-state index in [4.69, 9.17) is 11.6 Å². The highest BCUT2D eigenvalue weighted by atomic mass is 35.5. The van der Waals surface area contributed by atoms with Gasteiger partial charge in [0.15, 0.2) is 0 Å². The topological polar surface area (TPSA) is 72.5 Å². The first-order chi connectivity index (χ1) is 16.6. The molecule has 3 N–H and O–H groups in total. The molecule has 1 saturated heterocycles. The smallest absolute Gasteiger partial charge is 0.268 e. The van der Waals surface area contributed by atoms with Crippen LogP contribution in [-0.2, 0) is 12.8 Å². The zero-order valence-corrected chi connectivity index (χ0v) is 20.4. The summed E-state index contributed by atoms with van der Waals surface area (Å²) < 4.78 is 0. The molecule has 0 unspecified atom stereocenters. The van der Waals surface area contributed by atoms with Crippen molar-refractivity contribution >= 4 is 40.4 Å². The molecule has 2 aromatic carbocycles. The zero-order chi connectivity index (χ0) is 23.5. The van der Waals surface area contributed by atoms with Crippen LogP contribution in [0.2, 0.25) is 5.02 Å². The van der Waals surface area contributed by atoms with Gasteiger partial charge in [-0.3, -0.25) is 9.79 Å². The molecular formula is C27H32ClN5O. The minimum atomic E-state index is -0.0730. The van der Waals surface area contributed by atoms with Crippen LogP contribution in [0, 0.1) is 0 Å². The molecule has 2 aliphatic rings. The van der Waals surface area contributed by atoms with Crippen molar-refractivity contribution in [2.45, 2.75) is 45.1 Å². The molecule has 0 radical (unpaired) electrons. The highest BCUT2D eigenvalue weighted by molar-refractivity contribution is 6.31. The molecule has 3 aromatic rings. The number of hydrogen-bond acceptors (Lipinski definition) is 4. The fourth-order valence-corrected chi connectivity index (χ4v) is 5.37. The van der Waals surface area contributed by atoms with E-state index in [9.17, 15) is 4.79 Å². The molecule has 5 rings (SSSR count). The molecule has 1 fully saturated rings. The third-order valence-electron chi connectivity index (χ3n) is 7.00. The van der Waals surface area contributed by atoms with Crippen LogP contribution in [0.4, 0.5) is 5.69 Å². The van der Waals surface area contributed by atoms with E-state index < -0.39 is 0 Å². The lowest BCUT2D eigenvalue weighted by Crippen LogP contribution is -2.30. The number of aromatic nitrogens is 1. The molecule has 1 aromatic heterocycles. The van der Waals surface area contributed by atoms with Gasteiger partial charge in [-0.05, 0) is 79.1 Å². The minimum Gasteiger partial charge on any atom is -0.374 e. The average Bonchev–Trinajstić information content (AvgIpc) is 3.52. The van der Waals surface area contributed by atoms with Gasteiger partial charge in [-0.1, -0.05) is 24.6 Å². The zero-order valence-electron chi connectivity index (χ0n) is 19.7.